The second-order valence-electron chi connectivity index (χ2n) is 4.69. The smallest absolute Gasteiger partial charge is 0.135 e. The van der Waals surface area contributed by atoms with Crippen molar-refractivity contribution >= 4 is 22.6 Å². The Morgan fingerprint density at radius 2 is 2.00 bits per heavy atom. The van der Waals surface area contributed by atoms with Crippen molar-refractivity contribution in [1.82, 2.24) is 9.97 Å². The fourth-order valence-corrected chi connectivity index (χ4v) is 2.35. The third-order valence-corrected chi connectivity index (χ3v) is 3.31. The average molecular weight is 291 g/mol. The van der Waals surface area contributed by atoms with Crippen LogP contribution in [0.3, 0.4) is 0 Å². The molecule has 0 spiro atoms. The molecule has 0 aliphatic heterocycles. The third-order valence-electron chi connectivity index (χ3n) is 3.09. The third kappa shape index (κ3) is 2.40. The lowest BCUT2D eigenvalue weighted by molar-refractivity contribution is 0.190. The summed E-state index contributed by atoms with van der Waals surface area (Å²) in [5, 5.41) is 9.88. The first-order valence-electron chi connectivity index (χ1n) is 6.17. The highest BCUT2D eigenvalue weighted by Crippen LogP contribution is 2.27. The van der Waals surface area contributed by atoms with Gasteiger partial charge >= 0.3 is 0 Å². The highest BCUT2D eigenvalue weighted by Gasteiger charge is 2.09. The molecule has 3 nitrogen and oxygen atoms in total. The molecule has 0 radical (unpaired) electrons. The number of halogens is 2. The number of hydrogen-bond acceptors (Lipinski definition) is 2. The van der Waals surface area contributed by atoms with Crippen molar-refractivity contribution in [2.75, 3.05) is 0 Å². The minimum Gasteiger partial charge on any atom is -0.385 e. The molecule has 0 fully saturated rings. The zero-order valence-electron chi connectivity index (χ0n) is 10.7. The van der Waals surface area contributed by atoms with Crippen LogP contribution in [0.1, 0.15) is 18.9 Å². The molecule has 2 aromatic carbocycles. The Morgan fingerprint density at radius 3 is 2.70 bits per heavy atom. The molecule has 3 rings (SSSR count). The normalized spacial score (nSPS) is 12.8. The highest BCUT2D eigenvalue weighted by molar-refractivity contribution is 6.30. The molecule has 0 aliphatic carbocycles. The molecule has 20 heavy (non-hydrogen) atoms. The van der Waals surface area contributed by atoms with Crippen molar-refractivity contribution in [3.8, 4) is 11.1 Å². The minimum absolute atomic E-state index is 0.356. The standard InChI is InChI=1S/C15H12ClFN2O/c1-8(20)15-18-13-3-2-9(6-14(13)19-15)10-4-11(16)7-12(17)5-10/h2-8,20H,1H3,(H,18,19). The lowest BCUT2D eigenvalue weighted by Gasteiger charge is -2.03. The van der Waals surface area contributed by atoms with Crippen LogP contribution in [0, 0.1) is 5.82 Å². The van der Waals surface area contributed by atoms with E-state index in [1.54, 1.807) is 13.0 Å². The highest BCUT2D eigenvalue weighted by atomic mass is 35.5. The molecule has 5 heteroatoms. The summed E-state index contributed by atoms with van der Waals surface area (Å²) >= 11 is 5.87. The predicted molar refractivity (Wildman–Crippen MR) is 77.1 cm³/mol. The zero-order valence-corrected chi connectivity index (χ0v) is 11.4. The Kier molecular flexibility index (Phi) is 3.20. The van der Waals surface area contributed by atoms with E-state index in [1.807, 2.05) is 18.2 Å². The Balaban J connectivity index is 2.12. The van der Waals surface area contributed by atoms with Gasteiger partial charge in [-0.2, -0.15) is 0 Å². The molecule has 0 saturated carbocycles. The van der Waals surface area contributed by atoms with Crippen LogP contribution in [-0.2, 0) is 0 Å². The number of hydrogen-bond donors (Lipinski definition) is 2. The molecule has 1 unspecified atom stereocenters. The number of H-pyrrole nitrogens is 1. The van der Waals surface area contributed by atoms with Gasteiger partial charge in [-0.05, 0) is 48.4 Å². The van der Waals surface area contributed by atoms with E-state index >= 15 is 0 Å². The van der Waals surface area contributed by atoms with E-state index in [-0.39, 0.29) is 5.82 Å². The summed E-state index contributed by atoms with van der Waals surface area (Å²) in [7, 11) is 0. The summed E-state index contributed by atoms with van der Waals surface area (Å²) in [5.41, 5.74) is 3.08. The lowest BCUT2D eigenvalue weighted by Crippen LogP contribution is -1.92. The van der Waals surface area contributed by atoms with Crippen LogP contribution in [0.25, 0.3) is 22.2 Å². The molecule has 1 heterocycles. The zero-order chi connectivity index (χ0) is 14.3. The van der Waals surface area contributed by atoms with Gasteiger partial charge in [-0.3, -0.25) is 0 Å². The van der Waals surface area contributed by atoms with Gasteiger partial charge in [0, 0.05) is 5.02 Å². The molecular formula is C15H12ClFN2O. The van der Waals surface area contributed by atoms with Crippen molar-refractivity contribution < 1.29 is 9.50 Å². The maximum atomic E-state index is 13.4. The van der Waals surface area contributed by atoms with Gasteiger partial charge in [-0.15, -0.1) is 0 Å². The van der Waals surface area contributed by atoms with Gasteiger partial charge in [0.15, 0.2) is 0 Å². The number of nitrogens with zero attached hydrogens (tertiary/aromatic N) is 1. The van der Waals surface area contributed by atoms with Gasteiger partial charge in [0.25, 0.3) is 0 Å². The van der Waals surface area contributed by atoms with Crippen LogP contribution in [-0.4, -0.2) is 15.1 Å². The first-order valence-corrected chi connectivity index (χ1v) is 6.55. The number of aliphatic hydroxyl groups is 1. The summed E-state index contributed by atoms with van der Waals surface area (Å²) in [6.07, 6.45) is -0.658. The van der Waals surface area contributed by atoms with Crippen molar-refractivity contribution in [3.05, 3.63) is 53.1 Å². The van der Waals surface area contributed by atoms with Crippen LogP contribution in [0.4, 0.5) is 4.39 Å². The van der Waals surface area contributed by atoms with Crippen LogP contribution in [0.2, 0.25) is 5.02 Å². The Bertz CT molecular complexity index is 762. The number of aromatic nitrogens is 2. The summed E-state index contributed by atoms with van der Waals surface area (Å²) in [6, 6.07) is 9.94. The number of benzene rings is 2. The number of aromatic amines is 1. The summed E-state index contributed by atoms with van der Waals surface area (Å²) in [4.78, 5) is 7.32. The molecule has 3 aromatic rings. The monoisotopic (exact) mass is 290 g/mol. The van der Waals surface area contributed by atoms with Crippen molar-refractivity contribution in [1.29, 1.82) is 0 Å². The molecule has 0 saturated heterocycles. The molecule has 0 amide bonds. The van der Waals surface area contributed by atoms with Crippen LogP contribution >= 0.6 is 11.6 Å². The minimum atomic E-state index is -0.658. The molecule has 2 N–H and O–H groups in total. The molecule has 0 bridgehead atoms. The number of rotatable bonds is 2. The van der Waals surface area contributed by atoms with Gasteiger partial charge < -0.3 is 10.1 Å². The first kappa shape index (κ1) is 13.1. The van der Waals surface area contributed by atoms with E-state index in [9.17, 15) is 9.50 Å². The Labute approximate surface area is 120 Å². The van der Waals surface area contributed by atoms with Gasteiger partial charge in [0.2, 0.25) is 0 Å². The molecule has 102 valence electrons. The summed E-state index contributed by atoms with van der Waals surface area (Å²) in [6.45, 7) is 1.64. The summed E-state index contributed by atoms with van der Waals surface area (Å²) < 4.78 is 13.4. The quantitative estimate of drug-likeness (QED) is 0.747. The van der Waals surface area contributed by atoms with Gasteiger partial charge in [-0.1, -0.05) is 17.7 Å². The largest absolute Gasteiger partial charge is 0.385 e. The molecule has 1 aromatic heterocycles. The lowest BCUT2D eigenvalue weighted by atomic mass is 10.1. The number of imidazole rings is 1. The second-order valence-corrected chi connectivity index (χ2v) is 5.12. The van der Waals surface area contributed by atoms with E-state index in [0.717, 1.165) is 16.6 Å². The number of nitrogens with one attached hydrogen (secondary N) is 1. The van der Waals surface area contributed by atoms with E-state index < -0.39 is 6.10 Å². The van der Waals surface area contributed by atoms with E-state index in [1.165, 1.54) is 12.1 Å². The van der Waals surface area contributed by atoms with Crippen LogP contribution < -0.4 is 0 Å². The molecule has 1 atom stereocenters. The second kappa shape index (κ2) is 4.89. The van der Waals surface area contributed by atoms with E-state index in [2.05, 4.69) is 9.97 Å². The van der Waals surface area contributed by atoms with E-state index in [4.69, 9.17) is 11.6 Å². The number of fused-ring (bicyclic) bond motifs is 1. The summed E-state index contributed by atoms with van der Waals surface area (Å²) in [5.74, 6) is 0.135. The Hall–Kier alpha value is -1.91. The molecule has 0 aliphatic rings. The average Bonchev–Trinajstić information content (AvgIpc) is 2.80. The first-order chi connectivity index (χ1) is 9.52. The van der Waals surface area contributed by atoms with Gasteiger partial charge in [-0.25, -0.2) is 9.37 Å². The van der Waals surface area contributed by atoms with Crippen LogP contribution in [0.15, 0.2) is 36.4 Å². The number of aliphatic hydroxyl groups excluding tert-OH is 1. The Morgan fingerprint density at radius 1 is 1.20 bits per heavy atom. The fraction of sp³-hybridized carbons (Fsp3) is 0.133. The van der Waals surface area contributed by atoms with E-state index in [0.29, 0.717) is 16.4 Å². The van der Waals surface area contributed by atoms with Gasteiger partial charge in [0.05, 0.1) is 11.0 Å². The van der Waals surface area contributed by atoms with Crippen molar-refractivity contribution in [2.24, 2.45) is 0 Å². The van der Waals surface area contributed by atoms with Crippen molar-refractivity contribution in [3.63, 3.8) is 0 Å². The maximum absolute atomic E-state index is 13.4. The SMILES string of the molecule is CC(O)c1nc2ccc(-c3cc(F)cc(Cl)c3)cc2[nH]1. The maximum Gasteiger partial charge on any atom is 0.135 e. The van der Waals surface area contributed by atoms with Gasteiger partial charge in [0.1, 0.15) is 17.7 Å². The fourth-order valence-electron chi connectivity index (χ4n) is 2.13. The predicted octanol–water partition coefficient (Wildman–Crippen LogP) is 4.08. The molecular weight excluding hydrogens is 279 g/mol. The van der Waals surface area contributed by atoms with Crippen LogP contribution in [0.5, 0.6) is 0 Å². The van der Waals surface area contributed by atoms with Crippen molar-refractivity contribution in [2.45, 2.75) is 13.0 Å². The topological polar surface area (TPSA) is 48.9 Å².